The van der Waals surface area contributed by atoms with Crippen LogP contribution in [0.4, 0.5) is 0 Å². The van der Waals surface area contributed by atoms with Gasteiger partial charge in [-0.1, -0.05) is 0 Å². The number of hydrogen-bond acceptors (Lipinski definition) is 8. The molecule has 0 atom stereocenters. The summed E-state index contributed by atoms with van der Waals surface area (Å²) in [5, 5.41) is 3.20. The third-order valence-corrected chi connectivity index (χ3v) is 4.06. The highest BCUT2D eigenvalue weighted by atomic mass is 32.2. The van der Waals surface area contributed by atoms with Gasteiger partial charge >= 0.3 is 16.1 Å². The Hall–Kier alpha value is -3.80. The lowest BCUT2D eigenvalue weighted by atomic mass is 10.2. The average Bonchev–Trinajstić information content (AvgIpc) is 3.02. The number of benzene rings is 2. The topological polar surface area (TPSA) is 161 Å². The van der Waals surface area contributed by atoms with Gasteiger partial charge in [-0.15, -0.1) is 4.73 Å². The van der Waals surface area contributed by atoms with Crippen LogP contribution in [-0.2, 0) is 15.0 Å². The Bertz CT molecular complexity index is 1200. The maximum Gasteiger partial charge on any atom is 0.365 e. The van der Waals surface area contributed by atoms with Crippen LogP contribution in [0.15, 0.2) is 47.6 Å². The second-order valence-electron chi connectivity index (χ2n) is 5.84. The predicted molar refractivity (Wildman–Crippen MR) is 104 cm³/mol. The normalized spacial score (nSPS) is 11.1. The Morgan fingerprint density at radius 1 is 1.14 bits per heavy atom. The molecule has 3 aromatic rings. The molecule has 0 fully saturated rings. The summed E-state index contributed by atoms with van der Waals surface area (Å²) < 4.78 is 34.8. The van der Waals surface area contributed by atoms with Gasteiger partial charge in [-0.05, 0) is 47.6 Å². The highest BCUT2D eigenvalue weighted by Gasteiger charge is 2.19. The van der Waals surface area contributed by atoms with Gasteiger partial charge in [-0.2, -0.15) is 8.42 Å². The molecule has 29 heavy (non-hydrogen) atoms. The summed E-state index contributed by atoms with van der Waals surface area (Å²) in [6.07, 6.45) is 0.914. The van der Waals surface area contributed by atoms with Gasteiger partial charge < -0.3 is 21.0 Å². The summed E-state index contributed by atoms with van der Waals surface area (Å²) in [7, 11) is -2.34. The van der Waals surface area contributed by atoms with Crippen LogP contribution in [0.3, 0.4) is 0 Å². The van der Waals surface area contributed by atoms with Crippen LogP contribution in [0.5, 0.6) is 5.75 Å². The number of methoxy groups -OCH3 is 1. The number of guanidine groups is 1. The smallest absolute Gasteiger partial charge is 0.365 e. The molecule has 1 heterocycles. The molecule has 0 aliphatic carbocycles. The van der Waals surface area contributed by atoms with Crippen molar-refractivity contribution in [1.29, 1.82) is 0 Å². The number of carbonyl (C=O) groups excluding carboxylic acids is 1. The van der Waals surface area contributed by atoms with Gasteiger partial charge in [0.05, 0.1) is 24.4 Å². The van der Waals surface area contributed by atoms with E-state index in [1.165, 1.54) is 25.3 Å². The summed E-state index contributed by atoms with van der Waals surface area (Å²) in [6.45, 7) is 0. The molecule has 0 saturated heterocycles. The van der Waals surface area contributed by atoms with Gasteiger partial charge in [0.1, 0.15) is 11.3 Å². The quantitative estimate of drug-likeness (QED) is 0.250. The molecule has 0 aliphatic heterocycles. The number of rotatable bonds is 6. The second-order valence-corrected chi connectivity index (χ2v) is 7.39. The number of aromatic nitrogens is 2. The van der Waals surface area contributed by atoms with E-state index in [4.69, 9.17) is 20.5 Å². The van der Waals surface area contributed by atoms with Gasteiger partial charge in [-0.25, -0.2) is 9.78 Å². The molecule has 1 aromatic heterocycles. The lowest BCUT2D eigenvalue weighted by Crippen LogP contribution is -2.23. The molecule has 4 N–H and O–H groups in total. The van der Waals surface area contributed by atoms with Crippen molar-refractivity contribution in [3.63, 3.8) is 0 Å². The SMILES string of the molecule is COc1ccc(-c2nc3cc(C(=O)ON=C(N)N)ccc3n2OS(C)(=O)=O)cc1. The lowest BCUT2D eigenvalue weighted by Gasteiger charge is -2.09. The van der Waals surface area contributed by atoms with Crippen molar-refractivity contribution >= 4 is 33.1 Å². The Morgan fingerprint density at radius 3 is 2.41 bits per heavy atom. The Labute approximate surface area is 165 Å². The zero-order valence-corrected chi connectivity index (χ0v) is 16.2. The van der Waals surface area contributed by atoms with Gasteiger partial charge in [-0.3, -0.25) is 4.28 Å². The molecule has 152 valence electrons. The van der Waals surface area contributed by atoms with Gasteiger partial charge in [0, 0.05) is 5.56 Å². The molecule has 0 unspecified atom stereocenters. The van der Waals surface area contributed by atoms with E-state index in [2.05, 4.69) is 15.0 Å². The minimum atomic E-state index is -3.87. The Kier molecular flexibility index (Phi) is 5.28. The molecule has 0 saturated carbocycles. The van der Waals surface area contributed by atoms with E-state index in [1.807, 2.05) is 0 Å². The molecule has 0 spiro atoms. The van der Waals surface area contributed by atoms with E-state index < -0.39 is 22.0 Å². The Morgan fingerprint density at radius 2 is 1.83 bits per heavy atom. The number of hydrogen-bond donors (Lipinski definition) is 2. The highest BCUT2D eigenvalue weighted by Crippen LogP contribution is 2.27. The van der Waals surface area contributed by atoms with Crippen molar-refractivity contribution in [2.75, 3.05) is 13.4 Å². The van der Waals surface area contributed by atoms with E-state index in [0.717, 1.165) is 11.0 Å². The first-order chi connectivity index (χ1) is 13.7. The molecular weight excluding hydrogens is 402 g/mol. The third kappa shape index (κ3) is 4.55. The minimum Gasteiger partial charge on any atom is -0.497 e. The number of nitrogens with two attached hydrogens (primary N) is 2. The van der Waals surface area contributed by atoms with E-state index in [0.29, 0.717) is 22.3 Å². The molecule has 0 amide bonds. The van der Waals surface area contributed by atoms with Gasteiger partial charge in [0.25, 0.3) is 0 Å². The van der Waals surface area contributed by atoms with Crippen LogP contribution in [0, 0.1) is 0 Å². The van der Waals surface area contributed by atoms with Gasteiger partial charge in [0.2, 0.25) is 5.96 Å². The monoisotopic (exact) mass is 419 g/mol. The largest absolute Gasteiger partial charge is 0.497 e. The van der Waals surface area contributed by atoms with E-state index in [-0.39, 0.29) is 11.4 Å². The molecule has 11 nitrogen and oxygen atoms in total. The van der Waals surface area contributed by atoms with E-state index in [9.17, 15) is 13.2 Å². The molecule has 0 bridgehead atoms. The van der Waals surface area contributed by atoms with Crippen LogP contribution in [0.2, 0.25) is 0 Å². The highest BCUT2D eigenvalue weighted by molar-refractivity contribution is 7.86. The standard InChI is InChI=1S/C17H17N5O6S/c1-26-12-6-3-10(4-7-12)15-20-13-9-11(16(23)27-21-17(18)19)5-8-14(13)22(15)28-29(2,24)25/h3-9H,1-2H3,(H4,18,19,21). The molecule has 2 aromatic carbocycles. The first kappa shape index (κ1) is 19.9. The summed E-state index contributed by atoms with van der Waals surface area (Å²) in [6, 6.07) is 11.0. The predicted octanol–water partition coefficient (Wildman–Crippen LogP) is 0.445. The maximum absolute atomic E-state index is 12.0. The summed E-state index contributed by atoms with van der Waals surface area (Å²) in [4.78, 5) is 21.0. The fourth-order valence-electron chi connectivity index (χ4n) is 2.46. The maximum atomic E-state index is 12.0. The van der Waals surface area contributed by atoms with E-state index >= 15 is 0 Å². The van der Waals surface area contributed by atoms with Crippen LogP contribution in [0.1, 0.15) is 10.4 Å². The second kappa shape index (κ2) is 7.67. The van der Waals surface area contributed by atoms with Crippen molar-refractivity contribution in [2.45, 2.75) is 0 Å². The van der Waals surface area contributed by atoms with Crippen LogP contribution in [-0.4, -0.2) is 43.4 Å². The summed E-state index contributed by atoms with van der Waals surface area (Å²) in [5.74, 6) is -0.398. The number of imidazole rings is 1. The molecule has 0 aliphatic rings. The lowest BCUT2D eigenvalue weighted by molar-refractivity contribution is 0.0515. The number of nitrogens with zero attached hydrogens (tertiary/aromatic N) is 3. The number of ether oxygens (including phenoxy) is 1. The van der Waals surface area contributed by atoms with Crippen molar-refractivity contribution in [2.24, 2.45) is 16.6 Å². The molecule has 12 heteroatoms. The number of fused-ring (bicyclic) bond motifs is 1. The zero-order valence-electron chi connectivity index (χ0n) is 15.4. The number of oxime groups is 1. The minimum absolute atomic E-state index is 0.104. The van der Waals surface area contributed by atoms with Crippen molar-refractivity contribution in [3.8, 4) is 17.1 Å². The fourth-order valence-corrected chi connectivity index (χ4v) is 2.89. The van der Waals surface area contributed by atoms with E-state index in [1.54, 1.807) is 24.3 Å². The Balaban J connectivity index is 2.12. The van der Waals surface area contributed by atoms with Crippen molar-refractivity contribution < 1.29 is 27.1 Å². The number of carbonyl (C=O) groups is 1. The van der Waals surface area contributed by atoms with Crippen molar-refractivity contribution in [3.05, 3.63) is 48.0 Å². The van der Waals surface area contributed by atoms with Gasteiger partial charge in [0.15, 0.2) is 5.82 Å². The third-order valence-electron chi connectivity index (χ3n) is 3.64. The first-order valence-electron chi connectivity index (χ1n) is 8.05. The van der Waals surface area contributed by atoms with Crippen LogP contribution < -0.4 is 20.5 Å². The first-order valence-corrected chi connectivity index (χ1v) is 9.87. The zero-order chi connectivity index (χ0) is 21.2. The molecule has 0 radical (unpaired) electrons. The van der Waals surface area contributed by atoms with Crippen LogP contribution in [0.25, 0.3) is 22.4 Å². The molecule has 3 rings (SSSR count). The molecular formula is C17H17N5O6S. The fraction of sp³-hybridized carbons (Fsp3) is 0.118. The van der Waals surface area contributed by atoms with Crippen molar-refractivity contribution in [1.82, 2.24) is 9.71 Å². The summed E-state index contributed by atoms with van der Waals surface area (Å²) in [5.41, 5.74) is 11.5. The summed E-state index contributed by atoms with van der Waals surface area (Å²) >= 11 is 0. The average molecular weight is 419 g/mol. The van der Waals surface area contributed by atoms with Crippen LogP contribution >= 0.6 is 0 Å².